The maximum atomic E-state index is 13.8. The molecule has 2 saturated heterocycles. The molecule has 0 aromatic carbocycles. The van der Waals surface area contributed by atoms with Crippen molar-refractivity contribution in [3.05, 3.63) is 24.3 Å². The van der Waals surface area contributed by atoms with Crippen LogP contribution in [0.1, 0.15) is 46.0 Å². The first-order valence-electron chi connectivity index (χ1n) is 11.9. The molecule has 4 aliphatic heterocycles. The fraction of sp³-hybridized carbons (Fsp3) is 0.708. The smallest absolute Gasteiger partial charge is 0.312 e. The number of unbranched alkanes of at least 4 members (excludes halogenated alkanes) is 2. The quantitative estimate of drug-likeness (QED) is 0.377. The zero-order valence-corrected chi connectivity index (χ0v) is 18.9. The van der Waals surface area contributed by atoms with Crippen LogP contribution in [0.25, 0.3) is 0 Å². The highest BCUT2D eigenvalue weighted by Crippen LogP contribution is 2.53. The first-order chi connectivity index (χ1) is 15.5. The number of hydrogen-bond donors (Lipinski definition) is 1. The number of rotatable bonds is 6. The number of cyclic esters (lactones) is 1. The monoisotopic (exact) mass is 446 g/mol. The SMILES string of the molecule is CCCCCN1CC=C[C@]23O[C@@H]4/C=C\CCCOC(=O)[C@@H]4[C@H]2C(=O)N([C@H](C)CO)C3C1=O. The van der Waals surface area contributed by atoms with Crippen molar-refractivity contribution >= 4 is 17.8 Å². The zero-order valence-electron chi connectivity index (χ0n) is 18.9. The maximum absolute atomic E-state index is 13.8. The van der Waals surface area contributed by atoms with Gasteiger partial charge in [-0.25, -0.2) is 0 Å². The fourth-order valence-corrected chi connectivity index (χ4v) is 5.56. The number of esters is 1. The summed E-state index contributed by atoms with van der Waals surface area (Å²) in [4.78, 5) is 43.8. The third-order valence-corrected chi connectivity index (χ3v) is 7.14. The van der Waals surface area contributed by atoms with Crippen molar-refractivity contribution in [3.63, 3.8) is 0 Å². The van der Waals surface area contributed by atoms with Crippen molar-refractivity contribution in [2.24, 2.45) is 11.8 Å². The van der Waals surface area contributed by atoms with Crippen LogP contribution < -0.4 is 0 Å². The molecule has 0 bridgehead atoms. The summed E-state index contributed by atoms with van der Waals surface area (Å²) in [5.41, 5.74) is -1.25. The van der Waals surface area contributed by atoms with E-state index in [0.29, 0.717) is 26.1 Å². The van der Waals surface area contributed by atoms with E-state index in [4.69, 9.17) is 9.47 Å². The number of aliphatic hydroxyl groups excluding tert-OH is 1. The van der Waals surface area contributed by atoms with Crippen molar-refractivity contribution in [1.29, 1.82) is 0 Å². The van der Waals surface area contributed by atoms with Crippen molar-refractivity contribution in [2.45, 2.75) is 69.7 Å². The molecule has 2 fully saturated rings. The Morgan fingerprint density at radius 1 is 1.22 bits per heavy atom. The highest BCUT2D eigenvalue weighted by Gasteiger charge is 2.72. The predicted molar refractivity (Wildman–Crippen MR) is 116 cm³/mol. The molecule has 4 aliphatic rings. The lowest BCUT2D eigenvalue weighted by molar-refractivity contribution is -0.156. The Morgan fingerprint density at radius 2 is 2.03 bits per heavy atom. The van der Waals surface area contributed by atoms with E-state index in [0.717, 1.165) is 25.7 Å². The third-order valence-electron chi connectivity index (χ3n) is 7.14. The normalized spacial score (nSPS) is 36.4. The molecule has 176 valence electrons. The third kappa shape index (κ3) is 3.67. The highest BCUT2D eigenvalue weighted by molar-refractivity contribution is 5.99. The fourth-order valence-electron chi connectivity index (χ4n) is 5.56. The Hall–Kier alpha value is -2.19. The summed E-state index contributed by atoms with van der Waals surface area (Å²) in [5.74, 6) is -2.66. The number of likely N-dealkylation sites (tertiary alicyclic amines) is 1. The number of aliphatic hydroxyl groups is 1. The van der Waals surface area contributed by atoms with Crippen LogP contribution in [-0.4, -0.2) is 82.8 Å². The summed E-state index contributed by atoms with van der Waals surface area (Å²) in [6.07, 6.45) is 11.3. The molecule has 4 rings (SSSR count). The van der Waals surface area contributed by atoms with Gasteiger partial charge >= 0.3 is 5.97 Å². The summed E-state index contributed by atoms with van der Waals surface area (Å²) >= 11 is 0. The summed E-state index contributed by atoms with van der Waals surface area (Å²) in [6.45, 7) is 4.87. The summed E-state index contributed by atoms with van der Waals surface area (Å²) in [7, 11) is 0. The van der Waals surface area contributed by atoms with E-state index in [1.165, 1.54) is 4.90 Å². The summed E-state index contributed by atoms with van der Waals surface area (Å²) in [5, 5.41) is 9.88. The molecule has 8 nitrogen and oxygen atoms in total. The molecule has 0 aromatic rings. The largest absolute Gasteiger partial charge is 0.465 e. The van der Waals surface area contributed by atoms with Crippen LogP contribution in [0.3, 0.4) is 0 Å². The van der Waals surface area contributed by atoms with E-state index in [9.17, 15) is 19.5 Å². The van der Waals surface area contributed by atoms with Gasteiger partial charge in [-0.1, -0.05) is 44.1 Å². The van der Waals surface area contributed by atoms with Gasteiger partial charge in [-0.15, -0.1) is 0 Å². The minimum Gasteiger partial charge on any atom is -0.465 e. The van der Waals surface area contributed by atoms with E-state index in [1.807, 2.05) is 24.3 Å². The van der Waals surface area contributed by atoms with E-state index < -0.39 is 41.6 Å². The molecule has 2 amide bonds. The van der Waals surface area contributed by atoms with Crippen molar-refractivity contribution in [1.82, 2.24) is 9.80 Å². The molecule has 0 saturated carbocycles. The Balaban J connectivity index is 1.77. The molecule has 1 N–H and O–H groups in total. The molecule has 6 atom stereocenters. The van der Waals surface area contributed by atoms with Crippen LogP contribution in [0.15, 0.2) is 24.3 Å². The van der Waals surface area contributed by atoms with Gasteiger partial charge in [0.1, 0.15) is 17.6 Å². The van der Waals surface area contributed by atoms with Gasteiger partial charge in [0, 0.05) is 13.1 Å². The van der Waals surface area contributed by atoms with Gasteiger partial charge < -0.3 is 24.4 Å². The average molecular weight is 447 g/mol. The second-order valence-electron chi connectivity index (χ2n) is 9.25. The van der Waals surface area contributed by atoms with E-state index in [1.54, 1.807) is 11.8 Å². The van der Waals surface area contributed by atoms with Gasteiger partial charge in [0.25, 0.3) is 0 Å². The lowest BCUT2D eigenvalue weighted by Crippen LogP contribution is -2.57. The molecule has 1 unspecified atom stereocenters. The number of ether oxygens (including phenoxy) is 2. The second kappa shape index (κ2) is 9.35. The van der Waals surface area contributed by atoms with Crippen LogP contribution in [0.2, 0.25) is 0 Å². The molecule has 32 heavy (non-hydrogen) atoms. The Kier molecular flexibility index (Phi) is 6.72. The highest BCUT2D eigenvalue weighted by atomic mass is 16.6. The van der Waals surface area contributed by atoms with Crippen molar-refractivity contribution < 1.29 is 29.0 Å². The second-order valence-corrected chi connectivity index (χ2v) is 9.25. The number of carbonyl (C=O) groups is 3. The van der Waals surface area contributed by atoms with Crippen LogP contribution >= 0.6 is 0 Å². The van der Waals surface area contributed by atoms with Crippen LogP contribution in [0, 0.1) is 11.8 Å². The van der Waals surface area contributed by atoms with Gasteiger partial charge in [0.15, 0.2) is 0 Å². The van der Waals surface area contributed by atoms with Gasteiger partial charge in [-0.05, 0) is 26.2 Å². The molecule has 1 spiro atoms. The van der Waals surface area contributed by atoms with Gasteiger partial charge in [-0.2, -0.15) is 0 Å². The predicted octanol–water partition coefficient (Wildman–Crippen LogP) is 1.43. The van der Waals surface area contributed by atoms with Crippen LogP contribution in [0.4, 0.5) is 0 Å². The van der Waals surface area contributed by atoms with E-state index in [2.05, 4.69) is 6.92 Å². The first-order valence-corrected chi connectivity index (χ1v) is 11.9. The Labute approximate surface area is 189 Å². The van der Waals surface area contributed by atoms with Crippen molar-refractivity contribution in [3.8, 4) is 0 Å². The number of hydrogen-bond acceptors (Lipinski definition) is 6. The summed E-state index contributed by atoms with van der Waals surface area (Å²) < 4.78 is 12.0. The minimum atomic E-state index is -1.25. The zero-order chi connectivity index (χ0) is 22.9. The maximum Gasteiger partial charge on any atom is 0.312 e. The number of fused-ring (bicyclic) bond motifs is 2. The number of allylic oxidation sites excluding steroid dienone is 1. The number of carbonyl (C=O) groups excluding carboxylic acids is 3. The first kappa shape index (κ1) is 23.0. The van der Waals surface area contributed by atoms with Gasteiger partial charge in [0.05, 0.1) is 31.3 Å². The average Bonchev–Trinajstić information content (AvgIpc) is 3.20. The molecule has 0 aliphatic carbocycles. The number of amides is 2. The molecule has 0 aromatic heterocycles. The minimum absolute atomic E-state index is 0.189. The number of nitrogens with zero attached hydrogens (tertiary/aromatic N) is 2. The molecule has 8 heteroatoms. The topological polar surface area (TPSA) is 96.4 Å². The Morgan fingerprint density at radius 3 is 2.78 bits per heavy atom. The standard InChI is InChI=1S/C24H34N2O6/c1-3-4-7-12-25-13-9-11-24-19(21(28)26(16(2)15-27)20(24)22(25)29)18-17(32-24)10-6-5-8-14-31-23(18)30/h6,9-11,16-20,27H,3-5,7-8,12-15H2,1-2H3/b10-6-/t16-,17-,18+,19+,20?,24+/m1/s1. The lowest BCUT2D eigenvalue weighted by atomic mass is 9.78. The molecule has 4 heterocycles. The van der Waals surface area contributed by atoms with Crippen molar-refractivity contribution in [2.75, 3.05) is 26.3 Å². The molecular weight excluding hydrogens is 412 g/mol. The molecular formula is C24H34N2O6. The Bertz CT molecular complexity index is 810. The van der Waals surface area contributed by atoms with Gasteiger partial charge in [-0.3, -0.25) is 14.4 Å². The van der Waals surface area contributed by atoms with Crippen LogP contribution in [0.5, 0.6) is 0 Å². The van der Waals surface area contributed by atoms with Gasteiger partial charge in [0.2, 0.25) is 11.8 Å². The lowest BCUT2D eigenvalue weighted by Gasteiger charge is -2.37. The van der Waals surface area contributed by atoms with Crippen LogP contribution in [-0.2, 0) is 23.9 Å². The van der Waals surface area contributed by atoms with E-state index >= 15 is 0 Å². The summed E-state index contributed by atoms with van der Waals surface area (Å²) in [6, 6.07) is -1.49. The van der Waals surface area contributed by atoms with E-state index in [-0.39, 0.29) is 18.4 Å². The molecule has 0 radical (unpaired) electrons.